The molecule has 0 bridgehead atoms. The zero-order chi connectivity index (χ0) is 46.4. The van der Waals surface area contributed by atoms with Crippen LogP contribution in [0.5, 0.6) is 0 Å². The molecule has 0 aromatic heterocycles. The summed E-state index contributed by atoms with van der Waals surface area (Å²) in [6.07, 6.45) is -1.30. The first-order valence-corrected chi connectivity index (χ1v) is 22.0. The number of likely N-dealkylation sites (N-methyl/N-ethyl adjacent to an activating group) is 2. The number of rotatable bonds is 23. The molecule has 346 valence electrons. The number of amides is 5. The SMILES string of the molecule is CC[C@H](C)[C@@H]([C@@H](CC(=O)N1CCC[C@H]1[C@H](OC)[C@@H](C)C(=O)N[C@H](C)[C@@H](O)c1ccccc1)OC)N(C)C(=O)[C@@H](NC(=O)[C@H](C(C)C)N(C)Cc1cccc(NC(=O)O)c1)C(C)C. The van der Waals surface area contributed by atoms with E-state index < -0.39 is 54.5 Å². The molecular weight excluding hydrogens is 793 g/mol. The van der Waals surface area contributed by atoms with Gasteiger partial charge in [0.1, 0.15) is 6.04 Å². The van der Waals surface area contributed by atoms with Gasteiger partial charge in [0.15, 0.2) is 0 Å². The van der Waals surface area contributed by atoms with Gasteiger partial charge in [-0.3, -0.25) is 29.4 Å². The normalized spacial score (nSPS) is 18.6. The number of ether oxygens (including phenoxy) is 2. The molecule has 0 unspecified atom stereocenters. The van der Waals surface area contributed by atoms with Crippen LogP contribution in [0.25, 0.3) is 0 Å². The van der Waals surface area contributed by atoms with Gasteiger partial charge in [-0.2, -0.15) is 0 Å². The van der Waals surface area contributed by atoms with E-state index in [1.807, 2.05) is 89.9 Å². The van der Waals surface area contributed by atoms with Gasteiger partial charge in [-0.1, -0.05) is 97.4 Å². The minimum atomic E-state index is -1.17. The van der Waals surface area contributed by atoms with E-state index in [0.717, 1.165) is 12.0 Å². The topological polar surface area (TPSA) is 190 Å². The molecule has 1 saturated heterocycles. The number of carboxylic acid groups (broad SMARTS) is 1. The number of anilines is 1. The lowest BCUT2D eigenvalue weighted by molar-refractivity contribution is -0.148. The lowest BCUT2D eigenvalue weighted by Gasteiger charge is -2.41. The van der Waals surface area contributed by atoms with Crippen molar-refractivity contribution in [1.82, 2.24) is 25.3 Å². The van der Waals surface area contributed by atoms with E-state index in [1.54, 1.807) is 63.1 Å². The van der Waals surface area contributed by atoms with Crippen molar-refractivity contribution in [3.05, 3.63) is 65.7 Å². The van der Waals surface area contributed by atoms with Crippen LogP contribution in [0.2, 0.25) is 0 Å². The fourth-order valence-corrected chi connectivity index (χ4v) is 8.92. The monoisotopic (exact) mass is 867 g/mol. The Hall–Kier alpha value is -4.57. The molecule has 2 aromatic rings. The number of benzene rings is 2. The summed E-state index contributed by atoms with van der Waals surface area (Å²) in [4.78, 5) is 73.1. The minimum Gasteiger partial charge on any atom is -0.465 e. The molecule has 0 saturated carbocycles. The number of hydrogen-bond donors (Lipinski definition) is 5. The highest BCUT2D eigenvalue weighted by atomic mass is 16.5. The largest absolute Gasteiger partial charge is 0.465 e. The second kappa shape index (κ2) is 24.3. The number of methoxy groups -OCH3 is 2. The summed E-state index contributed by atoms with van der Waals surface area (Å²) in [6.45, 7) is 16.1. The lowest BCUT2D eigenvalue weighted by Crippen LogP contribution is -2.60. The van der Waals surface area contributed by atoms with Crippen molar-refractivity contribution in [2.75, 3.05) is 40.2 Å². The third-order valence-electron chi connectivity index (χ3n) is 12.5. The van der Waals surface area contributed by atoms with Gasteiger partial charge in [0.25, 0.3) is 0 Å². The average molecular weight is 867 g/mol. The van der Waals surface area contributed by atoms with Crippen molar-refractivity contribution in [1.29, 1.82) is 0 Å². The first-order valence-electron chi connectivity index (χ1n) is 22.0. The summed E-state index contributed by atoms with van der Waals surface area (Å²) < 4.78 is 12.0. The molecule has 0 radical (unpaired) electrons. The van der Waals surface area contributed by atoms with Gasteiger partial charge in [-0.05, 0) is 67.8 Å². The van der Waals surface area contributed by atoms with E-state index in [-0.39, 0.29) is 53.8 Å². The molecule has 5 N–H and O–H groups in total. The fraction of sp³-hybridized carbons (Fsp3) is 0.638. The maximum absolute atomic E-state index is 14.6. The second-order valence-corrected chi connectivity index (χ2v) is 17.7. The number of nitrogens with one attached hydrogen (secondary N) is 3. The van der Waals surface area contributed by atoms with Crippen molar-refractivity contribution >= 4 is 35.4 Å². The van der Waals surface area contributed by atoms with Crippen molar-refractivity contribution in [2.45, 2.75) is 136 Å². The number of aliphatic hydroxyl groups excluding tert-OH is 1. The highest BCUT2D eigenvalue weighted by Crippen LogP contribution is 2.30. The molecule has 1 aliphatic rings. The number of carbonyl (C=O) groups is 5. The fourth-order valence-electron chi connectivity index (χ4n) is 8.92. The molecule has 1 aliphatic heterocycles. The van der Waals surface area contributed by atoms with Crippen molar-refractivity contribution < 1.29 is 43.7 Å². The number of likely N-dealkylation sites (tertiary alicyclic amines) is 1. The van der Waals surface area contributed by atoms with E-state index in [9.17, 15) is 29.1 Å². The highest BCUT2D eigenvalue weighted by Gasteiger charge is 2.43. The Morgan fingerprint density at radius 1 is 0.871 bits per heavy atom. The van der Waals surface area contributed by atoms with E-state index in [2.05, 4.69) is 16.0 Å². The van der Waals surface area contributed by atoms with E-state index in [4.69, 9.17) is 14.6 Å². The van der Waals surface area contributed by atoms with E-state index in [0.29, 0.717) is 37.2 Å². The Balaban J connectivity index is 1.77. The Morgan fingerprint density at radius 3 is 2.10 bits per heavy atom. The summed E-state index contributed by atoms with van der Waals surface area (Å²) >= 11 is 0. The highest BCUT2D eigenvalue weighted by molar-refractivity contribution is 5.90. The number of hydrogen-bond acceptors (Lipinski definition) is 9. The smallest absolute Gasteiger partial charge is 0.409 e. The average Bonchev–Trinajstić information content (AvgIpc) is 3.71. The van der Waals surface area contributed by atoms with Crippen LogP contribution in [0, 0.1) is 23.7 Å². The van der Waals surface area contributed by atoms with Crippen LogP contribution in [-0.2, 0) is 35.2 Å². The van der Waals surface area contributed by atoms with Gasteiger partial charge in [-0.15, -0.1) is 0 Å². The van der Waals surface area contributed by atoms with Crippen LogP contribution in [0.15, 0.2) is 54.6 Å². The van der Waals surface area contributed by atoms with E-state index >= 15 is 0 Å². The summed E-state index contributed by atoms with van der Waals surface area (Å²) in [5.41, 5.74) is 1.93. The molecule has 1 heterocycles. The summed E-state index contributed by atoms with van der Waals surface area (Å²) in [6, 6.07) is 13.2. The zero-order valence-corrected chi connectivity index (χ0v) is 39.0. The number of aliphatic hydroxyl groups is 1. The first-order chi connectivity index (χ1) is 29.3. The third kappa shape index (κ3) is 13.7. The predicted molar refractivity (Wildman–Crippen MR) is 240 cm³/mol. The molecule has 3 rings (SSSR count). The van der Waals surface area contributed by atoms with Gasteiger partial charge in [0, 0.05) is 40.0 Å². The van der Waals surface area contributed by atoms with Gasteiger partial charge in [-0.25, -0.2) is 4.79 Å². The maximum Gasteiger partial charge on any atom is 0.409 e. The first kappa shape index (κ1) is 51.8. The van der Waals surface area contributed by atoms with Crippen molar-refractivity contribution in [2.24, 2.45) is 23.7 Å². The van der Waals surface area contributed by atoms with Crippen LogP contribution < -0.4 is 16.0 Å². The van der Waals surface area contributed by atoms with E-state index in [1.165, 1.54) is 0 Å². The van der Waals surface area contributed by atoms with Gasteiger partial charge < -0.3 is 40.1 Å². The van der Waals surface area contributed by atoms with Gasteiger partial charge in [0.05, 0.1) is 54.8 Å². The molecule has 1 fully saturated rings. The zero-order valence-electron chi connectivity index (χ0n) is 39.0. The Kier molecular flexibility index (Phi) is 20.3. The van der Waals surface area contributed by atoms with Gasteiger partial charge >= 0.3 is 6.09 Å². The van der Waals surface area contributed by atoms with Crippen molar-refractivity contribution in [3.8, 4) is 0 Å². The molecule has 0 spiro atoms. The summed E-state index contributed by atoms with van der Waals surface area (Å²) in [5, 5.41) is 28.4. The molecule has 15 heteroatoms. The minimum absolute atomic E-state index is 0.0148. The second-order valence-electron chi connectivity index (χ2n) is 17.7. The third-order valence-corrected chi connectivity index (χ3v) is 12.5. The van der Waals surface area contributed by atoms with Crippen LogP contribution in [0.1, 0.15) is 98.3 Å². The molecule has 10 atom stereocenters. The summed E-state index contributed by atoms with van der Waals surface area (Å²) in [5.74, 6) is -2.17. The van der Waals surface area contributed by atoms with Crippen LogP contribution in [0.4, 0.5) is 10.5 Å². The standard InChI is InChI=1S/C47H74N6O9/c1-13-30(6)41(52(10)46(58)39(28(2)3)50-45(57)40(29(4)5)51(9)27-33-19-17-22-35(25-33)49-47(59)60)37(61-11)26-38(54)53-24-18-23-36(53)43(62-12)31(7)44(56)48-32(8)42(55)34-20-15-14-16-21-34/h14-17,19-22,25,28-32,36-37,39-43,49,55H,13,18,23-24,26-27H2,1-12H3,(H,48,56)(H,50,57)(H,59,60)/t30-,31+,32+,36-,37+,39-,40-,41-,42+,43+/m0/s1. The molecule has 15 nitrogen and oxygen atoms in total. The van der Waals surface area contributed by atoms with Gasteiger partial charge in [0.2, 0.25) is 23.6 Å². The van der Waals surface area contributed by atoms with Crippen molar-refractivity contribution in [3.63, 3.8) is 0 Å². The number of nitrogens with zero attached hydrogens (tertiary/aromatic N) is 3. The predicted octanol–water partition coefficient (Wildman–Crippen LogP) is 5.53. The molecular formula is C47H74N6O9. The molecule has 5 amide bonds. The van der Waals surface area contributed by atoms with Crippen LogP contribution in [-0.4, -0.2) is 132 Å². The molecule has 62 heavy (non-hydrogen) atoms. The Labute approximate surface area is 369 Å². The Bertz CT molecular complexity index is 1760. The van der Waals surface area contributed by atoms with Crippen LogP contribution in [0.3, 0.4) is 0 Å². The van der Waals surface area contributed by atoms with Crippen LogP contribution >= 0.6 is 0 Å². The lowest BCUT2D eigenvalue weighted by atomic mass is 9.89. The summed E-state index contributed by atoms with van der Waals surface area (Å²) in [7, 11) is 6.62. The maximum atomic E-state index is 14.6. The number of carbonyl (C=O) groups excluding carboxylic acids is 4. The molecule has 2 aromatic carbocycles. The Morgan fingerprint density at radius 2 is 1.53 bits per heavy atom. The quantitative estimate of drug-likeness (QED) is 0.0950. The molecule has 0 aliphatic carbocycles.